The Morgan fingerprint density at radius 2 is 2.26 bits per heavy atom. The molecule has 1 amide bonds. The van der Waals surface area contributed by atoms with Crippen LogP contribution in [-0.4, -0.2) is 43.2 Å². The summed E-state index contributed by atoms with van der Waals surface area (Å²) in [6, 6.07) is 1.89. The summed E-state index contributed by atoms with van der Waals surface area (Å²) in [5.41, 5.74) is 5.44. The monoisotopic (exact) mass is 346 g/mol. The van der Waals surface area contributed by atoms with Crippen LogP contribution in [0.15, 0.2) is 15.9 Å². The van der Waals surface area contributed by atoms with Crippen molar-refractivity contribution in [2.24, 2.45) is 5.73 Å². The van der Waals surface area contributed by atoms with Crippen molar-refractivity contribution in [1.29, 1.82) is 0 Å². The molecule has 1 fully saturated rings. The lowest BCUT2D eigenvalue weighted by atomic mass is 10.1. The van der Waals surface area contributed by atoms with Crippen molar-refractivity contribution in [2.75, 3.05) is 26.2 Å². The number of thiophene rings is 1. The first-order valence-corrected chi connectivity index (χ1v) is 8.23. The third-order valence-corrected chi connectivity index (χ3v) is 4.89. The highest BCUT2D eigenvalue weighted by molar-refractivity contribution is 9.10. The number of likely N-dealkylation sites (tertiary alicyclic amines) is 1. The Kier molecular flexibility index (Phi) is 5.81. The predicted molar refractivity (Wildman–Crippen MR) is 80.6 cm³/mol. The number of rotatable bonds is 5. The van der Waals surface area contributed by atoms with Gasteiger partial charge in [-0.2, -0.15) is 0 Å². The Bertz CT molecular complexity index is 417. The molecule has 4 nitrogen and oxygen atoms in total. The highest BCUT2D eigenvalue weighted by Crippen LogP contribution is 2.23. The quantitative estimate of drug-likeness (QED) is 0.833. The molecule has 2 rings (SSSR count). The van der Waals surface area contributed by atoms with E-state index in [0.29, 0.717) is 6.54 Å². The maximum absolute atomic E-state index is 12.2. The zero-order chi connectivity index (χ0) is 13.7. The molecule has 0 radical (unpaired) electrons. The maximum Gasteiger partial charge on any atom is 0.263 e. The maximum atomic E-state index is 12.2. The number of piperidine rings is 1. The van der Waals surface area contributed by atoms with Crippen LogP contribution in [-0.2, 0) is 4.74 Å². The molecule has 6 heteroatoms. The van der Waals surface area contributed by atoms with Crippen molar-refractivity contribution in [3.8, 4) is 0 Å². The molecule has 1 aliphatic heterocycles. The van der Waals surface area contributed by atoms with Gasteiger partial charge in [-0.25, -0.2) is 0 Å². The SMILES string of the molecule is NCCCOC1CCN(C(=O)c2cc(Br)cs2)CC1. The van der Waals surface area contributed by atoms with E-state index in [1.165, 1.54) is 11.3 Å². The molecule has 1 aliphatic rings. The van der Waals surface area contributed by atoms with Crippen molar-refractivity contribution in [3.05, 3.63) is 20.8 Å². The molecule has 0 bridgehead atoms. The van der Waals surface area contributed by atoms with Gasteiger partial charge in [0.05, 0.1) is 11.0 Å². The molecule has 0 saturated carbocycles. The molecular weight excluding hydrogens is 328 g/mol. The number of carbonyl (C=O) groups excluding carboxylic acids is 1. The van der Waals surface area contributed by atoms with Crippen LogP contribution in [0, 0.1) is 0 Å². The van der Waals surface area contributed by atoms with Gasteiger partial charge in [0, 0.05) is 29.5 Å². The highest BCUT2D eigenvalue weighted by atomic mass is 79.9. The van der Waals surface area contributed by atoms with Gasteiger partial charge in [0.1, 0.15) is 0 Å². The Morgan fingerprint density at radius 1 is 1.53 bits per heavy atom. The Morgan fingerprint density at radius 3 is 2.84 bits per heavy atom. The van der Waals surface area contributed by atoms with E-state index >= 15 is 0 Å². The molecule has 1 aromatic heterocycles. The molecule has 106 valence electrons. The highest BCUT2D eigenvalue weighted by Gasteiger charge is 2.24. The third-order valence-electron chi connectivity index (χ3n) is 3.21. The van der Waals surface area contributed by atoms with Crippen LogP contribution in [0.4, 0.5) is 0 Å². The summed E-state index contributed by atoms with van der Waals surface area (Å²) < 4.78 is 6.71. The van der Waals surface area contributed by atoms with Gasteiger partial charge in [-0.3, -0.25) is 4.79 Å². The molecule has 0 aliphatic carbocycles. The van der Waals surface area contributed by atoms with Gasteiger partial charge in [0.25, 0.3) is 5.91 Å². The van der Waals surface area contributed by atoms with Crippen LogP contribution in [0.5, 0.6) is 0 Å². The first-order valence-electron chi connectivity index (χ1n) is 6.55. The Balaban J connectivity index is 1.78. The van der Waals surface area contributed by atoms with Gasteiger partial charge in [0.15, 0.2) is 0 Å². The molecular formula is C13H19BrN2O2S. The fourth-order valence-electron chi connectivity index (χ4n) is 2.14. The molecule has 0 atom stereocenters. The van der Waals surface area contributed by atoms with Crippen molar-refractivity contribution >= 4 is 33.2 Å². The second kappa shape index (κ2) is 7.38. The molecule has 2 N–H and O–H groups in total. The lowest BCUT2D eigenvalue weighted by molar-refractivity contribution is 0.00858. The van der Waals surface area contributed by atoms with Gasteiger partial charge >= 0.3 is 0 Å². The normalized spacial score (nSPS) is 16.8. The van der Waals surface area contributed by atoms with Crippen LogP contribution < -0.4 is 5.73 Å². The number of amides is 1. The minimum absolute atomic E-state index is 0.135. The first-order chi connectivity index (χ1) is 9.20. The number of hydrogen-bond donors (Lipinski definition) is 1. The molecule has 1 saturated heterocycles. The minimum Gasteiger partial charge on any atom is -0.378 e. The largest absolute Gasteiger partial charge is 0.378 e. The average Bonchev–Trinajstić information content (AvgIpc) is 2.86. The van der Waals surface area contributed by atoms with Crippen LogP contribution >= 0.6 is 27.3 Å². The molecule has 0 unspecified atom stereocenters. The summed E-state index contributed by atoms with van der Waals surface area (Å²) in [6.45, 7) is 2.96. The number of nitrogens with zero attached hydrogens (tertiary/aromatic N) is 1. The zero-order valence-electron chi connectivity index (χ0n) is 10.8. The summed E-state index contributed by atoms with van der Waals surface area (Å²) >= 11 is 4.86. The van der Waals surface area contributed by atoms with Crippen LogP contribution in [0.2, 0.25) is 0 Å². The molecule has 1 aromatic rings. The second-order valence-electron chi connectivity index (χ2n) is 4.63. The van der Waals surface area contributed by atoms with Crippen molar-refractivity contribution in [2.45, 2.75) is 25.4 Å². The van der Waals surface area contributed by atoms with E-state index < -0.39 is 0 Å². The topological polar surface area (TPSA) is 55.6 Å². The predicted octanol–water partition coefficient (Wildman–Crippen LogP) is 2.48. The summed E-state index contributed by atoms with van der Waals surface area (Å²) in [5, 5.41) is 1.94. The number of halogens is 1. The fraction of sp³-hybridized carbons (Fsp3) is 0.615. The van der Waals surface area contributed by atoms with Gasteiger partial charge in [-0.15, -0.1) is 11.3 Å². The van der Waals surface area contributed by atoms with Gasteiger partial charge in [0.2, 0.25) is 0 Å². The molecule has 2 heterocycles. The lowest BCUT2D eigenvalue weighted by Crippen LogP contribution is -2.40. The van der Waals surface area contributed by atoms with E-state index in [9.17, 15) is 4.79 Å². The van der Waals surface area contributed by atoms with Crippen LogP contribution in [0.3, 0.4) is 0 Å². The lowest BCUT2D eigenvalue weighted by Gasteiger charge is -2.31. The third kappa shape index (κ3) is 4.27. The van der Waals surface area contributed by atoms with Gasteiger partial charge in [-0.1, -0.05) is 0 Å². The number of carbonyl (C=O) groups is 1. The van der Waals surface area contributed by atoms with E-state index in [0.717, 1.165) is 48.3 Å². The summed E-state index contributed by atoms with van der Waals surface area (Å²) in [4.78, 5) is 15.0. The Labute approximate surface area is 126 Å². The molecule has 0 aromatic carbocycles. The first kappa shape index (κ1) is 15.0. The zero-order valence-corrected chi connectivity index (χ0v) is 13.2. The van der Waals surface area contributed by atoms with Crippen LogP contribution in [0.1, 0.15) is 28.9 Å². The number of nitrogens with two attached hydrogens (primary N) is 1. The van der Waals surface area contributed by atoms with Gasteiger partial charge < -0.3 is 15.4 Å². The standard InChI is InChI=1S/C13H19BrN2O2S/c14-10-8-12(19-9-10)13(17)16-5-2-11(3-6-16)18-7-1-4-15/h8-9,11H,1-7,15H2. The second-order valence-corrected chi connectivity index (χ2v) is 6.46. The smallest absolute Gasteiger partial charge is 0.263 e. The van der Waals surface area contributed by atoms with E-state index in [4.69, 9.17) is 10.5 Å². The molecule has 0 spiro atoms. The van der Waals surface area contributed by atoms with Crippen LogP contribution in [0.25, 0.3) is 0 Å². The fourth-order valence-corrected chi connectivity index (χ4v) is 3.53. The van der Waals surface area contributed by atoms with E-state index in [1.807, 2.05) is 16.3 Å². The average molecular weight is 347 g/mol. The Hall–Kier alpha value is -0.430. The number of hydrogen-bond acceptors (Lipinski definition) is 4. The van der Waals surface area contributed by atoms with Crippen molar-refractivity contribution in [1.82, 2.24) is 4.90 Å². The number of ether oxygens (including phenoxy) is 1. The molecule has 19 heavy (non-hydrogen) atoms. The van der Waals surface area contributed by atoms with Gasteiger partial charge in [-0.05, 0) is 47.8 Å². The van der Waals surface area contributed by atoms with E-state index in [1.54, 1.807) is 0 Å². The summed E-state index contributed by atoms with van der Waals surface area (Å²) in [7, 11) is 0. The minimum atomic E-state index is 0.135. The summed E-state index contributed by atoms with van der Waals surface area (Å²) in [5.74, 6) is 0.135. The van der Waals surface area contributed by atoms with Crippen molar-refractivity contribution in [3.63, 3.8) is 0 Å². The van der Waals surface area contributed by atoms with Crippen molar-refractivity contribution < 1.29 is 9.53 Å². The van der Waals surface area contributed by atoms with E-state index in [-0.39, 0.29) is 12.0 Å². The summed E-state index contributed by atoms with van der Waals surface area (Å²) in [6.07, 6.45) is 3.03. The van der Waals surface area contributed by atoms with E-state index in [2.05, 4.69) is 15.9 Å².